The van der Waals surface area contributed by atoms with Crippen LogP contribution in [0.15, 0.2) is 12.1 Å². The second kappa shape index (κ2) is 7.52. The lowest BCUT2D eigenvalue weighted by Crippen LogP contribution is -2.26. The van der Waals surface area contributed by atoms with Gasteiger partial charge in [-0.3, -0.25) is 0 Å². The van der Waals surface area contributed by atoms with Crippen LogP contribution in [-0.2, 0) is 11.3 Å². The summed E-state index contributed by atoms with van der Waals surface area (Å²) in [6.07, 6.45) is 1.47. The zero-order valence-corrected chi connectivity index (χ0v) is 13.3. The molecule has 118 valence electrons. The molecule has 1 aromatic rings. The second-order valence-electron chi connectivity index (χ2n) is 5.29. The molecule has 1 aliphatic heterocycles. The van der Waals surface area contributed by atoms with Crippen molar-refractivity contribution >= 4 is 0 Å². The molecule has 21 heavy (non-hydrogen) atoms. The number of methoxy groups -OCH3 is 3. The average molecular weight is 295 g/mol. The van der Waals surface area contributed by atoms with Gasteiger partial charge >= 0.3 is 0 Å². The molecular formula is C16H25NO4. The Bertz CT molecular complexity index is 439. The summed E-state index contributed by atoms with van der Waals surface area (Å²) in [4.78, 5) is 0. The molecule has 2 atom stereocenters. The molecule has 1 aliphatic rings. The van der Waals surface area contributed by atoms with E-state index in [0.717, 1.165) is 31.7 Å². The van der Waals surface area contributed by atoms with Crippen molar-refractivity contribution in [3.05, 3.63) is 17.7 Å². The van der Waals surface area contributed by atoms with Crippen molar-refractivity contribution in [1.29, 1.82) is 0 Å². The lowest BCUT2D eigenvalue weighted by atomic mass is 10.0. The van der Waals surface area contributed by atoms with Crippen molar-refractivity contribution < 1.29 is 18.9 Å². The summed E-state index contributed by atoms with van der Waals surface area (Å²) >= 11 is 0. The SMILES string of the molecule is COc1cc(CNCC2CCOC2C)cc(OC)c1OC. The molecule has 2 unspecified atom stereocenters. The lowest BCUT2D eigenvalue weighted by molar-refractivity contribution is 0.105. The van der Waals surface area contributed by atoms with E-state index < -0.39 is 0 Å². The van der Waals surface area contributed by atoms with Gasteiger partial charge in [-0.05, 0) is 37.0 Å². The molecule has 1 fully saturated rings. The van der Waals surface area contributed by atoms with Crippen LogP contribution >= 0.6 is 0 Å². The maximum atomic E-state index is 5.57. The molecule has 0 radical (unpaired) electrons. The molecule has 5 heteroatoms. The van der Waals surface area contributed by atoms with Gasteiger partial charge in [0.15, 0.2) is 11.5 Å². The Balaban J connectivity index is 1.99. The predicted octanol–water partition coefficient (Wildman–Crippen LogP) is 2.23. The first-order chi connectivity index (χ1) is 10.2. The molecule has 5 nitrogen and oxygen atoms in total. The largest absolute Gasteiger partial charge is 0.493 e. The van der Waals surface area contributed by atoms with Crippen LogP contribution in [0.2, 0.25) is 0 Å². The van der Waals surface area contributed by atoms with Gasteiger partial charge in [-0.25, -0.2) is 0 Å². The quantitative estimate of drug-likeness (QED) is 0.836. The zero-order valence-electron chi connectivity index (χ0n) is 13.3. The first kappa shape index (κ1) is 15.9. The summed E-state index contributed by atoms with van der Waals surface area (Å²) in [6.45, 7) is 4.73. The fourth-order valence-electron chi connectivity index (χ4n) is 2.68. The highest BCUT2D eigenvalue weighted by Crippen LogP contribution is 2.38. The molecule has 0 bridgehead atoms. The van der Waals surface area contributed by atoms with Crippen molar-refractivity contribution in [2.24, 2.45) is 5.92 Å². The Hall–Kier alpha value is -1.46. The van der Waals surface area contributed by atoms with Gasteiger partial charge in [0, 0.05) is 19.7 Å². The van der Waals surface area contributed by atoms with Gasteiger partial charge < -0.3 is 24.3 Å². The van der Waals surface area contributed by atoms with E-state index >= 15 is 0 Å². The molecule has 0 aromatic heterocycles. The first-order valence-corrected chi connectivity index (χ1v) is 7.30. The van der Waals surface area contributed by atoms with Gasteiger partial charge in [0.2, 0.25) is 5.75 Å². The average Bonchev–Trinajstić information content (AvgIpc) is 2.91. The van der Waals surface area contributed by atoms with Crippen LogP contribution in [0.25, 0.3) is 0 Å². The third-order valence-electron chi connectivity index (χ3n) is 3.99. The summed E-state index contributed by atoms with van der Waals surface area (Å²) < 4.78 is 21.6. The molecule has 1 aromatic carbocycles. The fraction of sp³-hybridized carbons (Fsp3) is 0.625. The van der Waals surface area contributed by atoms with Gasteiger partial charge in [-0.2, -0.15) is 0 Å². The Kier molecular flexibility index (Phi) is 5.70. The molecule has 0 saturated carbocycles. The Morgan fingerprint density at radius 1 is 1.14 bits per heavy atom. The monoisotopic (exact) mass is 295 g/mol. The zero-order chi connectivity index (χ0) is 15.2. The number of hydrogen-bond acceptors (Lipinski definition) is 5. The van der Waals surface area contributed by atoms with Crippen molar-refractivity contribution in [2.75, 3.05) is 34.5 Å². The maximum absolute atomic E-state index is 5.57. The number of hydrogen-bond donors (Lipinski definition) is 1. The number of benzene rings is 1. The minimum atomic E-state index is 0.345. The van der Waals surface area contributed by atoms with Crippen LogP contribution < -0.4 is 19.5 Å². The number of nitrogens with one attached hydrogen (secondary N) is 1. The van der Waals surface area contributed by atoms with Crippen LogP contribution in [0.4, 0.5) is 0 Å². The lowest BCUT2D eigenvalue weighted by Gasteiger charge is -2.16. The summed E-state index contributed by atoms with van der Waals surface area (Å²) in [5.74, 6) is 2.59. The van der Waals surface area contributed by atoms with Gasteiger partial charge in [-0.1, -0.05) is 0 Å². The van der Waals surface area contributed by atoms with Crippen LogP contribution in [0.3, 0.4) is 0 Å². The van der Waals surface area contributed by atoms with Gasteiger partial charge in [0.25, 0.3) is 0 Å². The topological polar surface area (TPSA) is 49.0 Å². The molecule has 1 N–H and O–H groups in total. The second-order valence-corrected chi connectivity index (χ2v) is 5.29. The minimum Gasteiger partial charge on any atom is -0.493 e. The van der Waals surface area contributed by atoms with E-state index in [1.165, 1.54) is 0 Å². The maximum Gasteiger partial charge on any atom is 0.203 e. The highest BCUT2D eigenvalue weighted by atomic mass is 16.5. The molecule has 1 saturated heterocycles. The molecule has 2 rings (SSSR count). The van der Waals surface area contributed by atoms with E-state index in [0.29, 0.717) is 29.3 Å². The summed E-state index contributed by atoms with van der Waals surface area (Å²) in [5.41, 5.74) is 1.11. The molecule has 0 spiro atoms. The van der Waals surface area contributed by atoms with E-state index in [2.05, 4.69) is 12.2 Å². The normalized spacial score (nSPS) is 21.3. The highest BCUT2D eigenvalue weighted by Gasteiger charge is 2.23. The Morgan fingerprint density at radius 2 is 1.81 bits per heavy atom. The fourth-order valence-corrected chi connectivity index (χ4v) is 2.68. The smallest absolute Gasteiger partial charge is 0.203 e. The third-order valence-corrected chi connectivity index (χ3v) is 3.99. The van der Waals surface area contributed by atoms with Gasteiger partial charge in [0.05, 0.1) is 27.4 Å². The van der Waals surface area contributed by atoms with Crippen LogP contribution in [0.1, 0.15) is 18.9 Å². The van der Waals surface area contributed by atoms with Crippen LogP contribution in [-0.4, -0.2) is 40.6 Å². The third kappa shape index (κ3) is 3.80. The summed E-state index contributed by atoms with van der Waals surface area (Å²) in [7, 11) is 4.87. The van der Waals surface area contributed by atoms with Gasteiger partial charge in [-0.15, -0.1) is 0 Å². The standard InChI is InChI=1S/C16H25NO4/c1-11-13(5-6-21-11)10-17-9-12-7-14(18-2)16(20-4)15(8-12)19-3/h7-8,11,13,17H,5-6,9-10H2,1-4H3. The van der Waals surface area contributed by atoms with E-state index in [-0.39, 0.29) is 0 Å². The molecule has 0 amide bonds. The van der Waals surface area contributed by atoms with E-state index in [1.807, 2.05) is 12.1 Å². The van der Waals surface area contributed by atoms with E-state index in [1.54, 1.807) is 21.3 Å². The van der Waals surface area contributed by atoms with E-state index in [9.17, 15) is 0 Å². The van der Waals surface area contributed by atoms with Crippen molar-refractivity contribution in [3.63, 3.8) is 0 Å². The Morgan fingerprint density at radius 3 is 2.29 bits per heavy atom. The summed E-state index contributed by atoms with van der Waals surface area (Å²) in [6, 6.07) is 3.95. The number of ether oxygens (including phenoxy) is 4. The molecule has 1 heterocycles. The summed E-state index contributed by atoms with van der Waals surface area (Å²) in [5, 5.41) is 3.48. The highest BCUT2D eigenvalue weighted by molar-refractivity contribution is 5.53. The minimum absolute atomic E-state index is 0.345. The first-order valence-electron chi connectivity index (χ1n) is 7.30. The predicted molar refractivity (Wildman–Crippen MR) is 81.3 cm³/mol. The van der Waals surface area contributed by atoms with Gasteiger partial charge in [0.1, 0.15) is 0 Å². The molecular weight excluding hydrogens is 270 g/mol. The van der Waals surface area contributed by atoms with Crippen LogP contribution in [0.5, 0.6) is 17.2 Å². The van der Waals surface area contributed by atoms with Crippen molar-refractivity contribution in [3.8, 4) is 17.2 Å². The Labute approximate surface area is 126 Å². The van der Waals surface area contributed by atoms with Crippen molar-refractivity contribution in [1.82, 2.24) is 5.32 Å². The van der Waals surface area contributed by atoms with E-state index in [4.69, 9.17) is 18.9 Å². The van der Waals surface area contributed by atoms with Crippen molar-refractivity contribution in [2.45, 2.75) is 26.0 Å². The van der Waals surface area contributed by atoms with Crippen LogP contribution in [0, 0.1) is 5.92 Å². The molecule has 0 aliphatic carbocycles. The number of rotatable bonds is 7.